The summed E-state index contributed by atoms with van der Waals surface area (Å²) in [6.07, 6.45) is -0.569. The lowest BCUT2D eigenvalue weighted by atomic mass is 9.79. The summed E-state index contributed by atoms with van der Waals surface area (Å²) in [5, 5.41) is 11.2. The Morgan fingerprint density at radius 1 is 0.771 bits per heavy atom. The van der Waals surface area contributed by atoms with Gasteiger partial charge in [0.15, 0.2) is 5.78 Å². The van der Waals surface area contributed by atoms with E-state index in [9.17, 15) is 9.90 Å². The molecule has 5 aromatic rings. The molecule has 2 aromatic heterocycles. The molecule has 2 heterocycles. The first-order valence-electron chi connectivity index (χ1n) is 17.0. The minimum absolute atomic E-state index is 0.0423. The average Bonchev–Trinajstić information content (AvgIpc) is 3.61. The molecule has 2 unspecified atom stereocenters. The molecule has 2 aliphatic carbocycles. The highest BCUT2D eigenvalue weighted by atomic mass is 16.3. The van der Waals surface area contributed by atoms with Crippen LogP contribution in [-0.2, 0) is 22.7 Å². The Morgan fingerprint density at radius 2 is 1.33 bits per heavy atom. The number of rotatable bonds is 5. The van der Waals surface area contributed by atoms with Gasteiger partial charge in [-0.2, -0.15) is 0 Å². The maximum atomic E-state index is 13.5. The molecular weight excluding hydrogens is 592 g/mol. The van der Waals surface area contributed by atoms with Gasteiger partial charge in [0.05, 0.1) is 17.2 Å². The lowest BCUT2D eigenvalue weighted by molar-refractivity contribution is 0.0394. The molecule has 2 aliphatic rings. The highest BCUT2D eigenvalue weighted by molar-refractivity contribution is 6.05. The van der Waals surface area contributed by atoms with Crippen molar-refractivity contribution in [2.45, 2.75) is 91.1 Å². The largest absolute Gasteiger partial charge is 0.461 e. The van der Waals surface area contributed by atoms with Gasteiger partial charge in [-0.15, -0.1) is 0 Å². The smallest absolute Gasteiger partial charge is 0.172 e. The number of furan rings is 1. The summed E-state index contributed by atoms with van der Waals surface area (Å²) >= 11 is 0. The van der Waals surface area contributed by atoms with Crippen LogP contribution in [0.5, 0.6) is 0 Å². The van der Waals surface area contributed by atoms with Crippen LogP contribution in [-0.4, -0.2) is 15.9 Å². The first-order chi connectivity index (χ1) is 22.5. The molecule has 1 N–H and O–H groups in total. The summed E-state index contributed by atoms with van der Waals surface area (Å²) in [6, 6.07) is 31.2. The Morgan fingerprint density at radius 3 is 1.88 bits per heavy atom. The van der Waals surface area contributed by atoms with Crippen molar-refractivity contribution >= 4 is 23.0 Å². The molecule has 5 heteroatoms. The summed E-state index contributed by atoms with van der Waals surface area (Å²) in [5.41, 5.74) is 7.59. The van der Waals surface area contributed by atoms with Crippen LogP contribution in [0.3, 0.4) is 0 Å². The van der Waals surface area contributed by atoms with E-state index < -0.39 is 16.9 Å². The molecule has 3 aromatic carbocycles. The monoisotopic (exact) mass is 638 g/mol. The van der Waals surface area contributed by atoms with Gasteiger partial charge < -0.3 is 9.52 Å². The molecule has 0 amide bonds. The van der Waals surface area contributed by atoms with Crippen LogP contribution in [0.4, 0.5) is 17.2 Å². The van der Waals surface area contributed by atoms with Crippen LogP contribution in [0, 0.1) is 5.41 Å². The number of ketones is 1. The minimum atomic E-state index is -0.990. The first kappa shape index (κ1) is 32.1. The van der Waals surface area contributed by atoms with Crippen molar-refractivity contribution in [2.24, 2.45) is 5.41 Å². The third-order valence-corrected chi connectivity index (χ3v) is 10.5. The van der Waals surface area contributed by atoms with Crippen molar-refractivity contribution in [1.29, 1.82) is 0 Å². The van der Waals surface area contributed by atoms with Crippen LogP contribution in [0.25, 0.3) is 11.3 Å². The van der Waals surface area contributed by atoms with E-state index in [1.54, 1.807) is 6.07 Å². The van der Waals surface area contributed by atoms with E-state index in [0.717, 1.165) is 39.8 Å². The lowest BCUT2D eigenvalue weighted by Crippen LogP contribution is -2.30. The van der Waals surface area contributed by atoms with Gasteiger partial charge in [0, 0.05) is 39.9 Å². The second-order valence-electron chi connectivity index (χ2n) is 16.5. The predicted molar refractivity (Wildman–Crippen MR) is 194 cm³/mol. The Hall–Kier alpha value is -4.48. The molecule has 0 saturated carbocycles. The van der Waals surface area contributed by atoms with Gasteiger partial charge >= 0.3 is 0 Å². The summed E-state index contributed by atoms with van der Waals surface area (Å²) in [4.78, 5) is 21.1. The van der Waals surface area contributed by atoms with Crippen LogP contribution in [0.2, 0.25) is 0 Å². The lowest BCUT2D eigenvalue weighted by Gasteiger charge is -2.28. The van der Waals surface area contributed by atoms with Crippen molar-refractivity contribution in [1.82, 2.24) is 4.98 Å². The van der Waals surface area contributed by atoms with Gasteiger partial charge in [-0.1, -0.05) is 90.1 Å². The third-order valence-electron chi connectivity index (χ3n) is 10.5. The van der Waals surface area contributed by atoms with E-state index in [1.165, 1.54) is 11.1 Å². The van der Waals surface area contributed by atoms with E-state index in [2.05, 4.69) is 127 Å². The highest BCUT2D eigenvalue weighted by Gasteiger charge is 2.50. The van der Waals surface area contributed by atoms with E-state index in [4.69, 9.17) is 9.40 Å². The number of aliphatic hydroxyl groups excluding tert-OH is 1. The molecular formula is C43H46N2O3. The van der Waals surface area contributed by atoms with Crippen molar-refractivity contribution in [2.75, 3.05) is 4.90 Å². The van der Waals surface area contributed by atoms with Gasteiger partial charge in [-0.05, 0) is 90.8 Å². The normalized spacial score (nSPS) is 19.6. The number of aliphatic hydroxyl groups is 1. The van der Waals surface area contributed by atoms with Crippen LogP contribution >= 0.6 is 0 Å². The molecule has 0 aliphatic heterocycles. The third kappa shape index (κ3) is 5.02. The number of Topliss-reactive ketones (excluding diaryl/α,β-unsaturated/α-hetero) is 1. The molecule has 0 fully saturated rings. The Bertz CT molecular complexity index is 1980. The quantitative estimate of drug-likeness (QED) is 0.207. The van der Waals surface area contributed by atoms with E-state index in [0.29, 0.717) is 23.3 Å². The molecule has 0 spiro atoms. The number of fused-ring (bicyclic) bond motifs is 4. The molecule has 7 rings (SSSR count). The highest BCUT2D eigenvalue weighted by Crippen LogP contribution is 2.53. The second kappa shape index (κ2) is 10.8. The van der Waals surface area contributed by atoms with E-state index in [-0.39, 0.29) is 16.6 Å². The fourth-order valence-electron chi connectivity index (χ4n) is 7.44. The summed E-state index contributed by atoms with van der Waals surface area (Å²) < 4.78 is 6.55. The number of carbonyl (C=O) groups excluding carboxylic acids is 1. The number of hydrogen-bond donors (Lipinski definition) is 1. The number of hydrogen-bond acceptors (Lipinski definition) is 5. The maximum absolute atomic E-state index is 13.5. The number of carbonyl (C=O) groups is 1. The standard InChI is InChI=1S/C43H46N2O3/c1-40(2,3)26-14-18-28(19-15-26)45(29-20-16-27(17-21-29)41(4,5)6)35-23-22-33-36-34(42(7,8)37(33)44-35)24-30(48-36)25-43(9)38(46)31-12-10-11-13-32(31)39(43)47/h10-24,38,46H,25H2,1-9H3. The zero-order valence-corrected chi connectivity index (χ0v) is 29.6. The fraction of sp³-hybridized carbons (Fsp3) is 0.349. The van der Waals surface area contributed by atoms with Gasteiger partial charge in [-0.25, -0.2) is 4.98 Å². The molecule has 48 heavy (non-hydrogen) atoms. The maximum Gasteiger partial charge on any atom is 0.172 e. The van der Waals surface area contributed by atoms with Gasteiger partial charge in [-0.3, -0.25) is 9.69 Å². The Labute approximate surface area is 284 Å². The Kier molecular flexibility index (Phi) is 7.20. The SMILES string of the molecule is CC(C)(C)c1ccc(N(c2ccc(C(C)(C)C)cc2)c2ccc3c(n2)C(C)(C)c2cc(CC4(C)C(=O)c5ccccc5C4O)oc2-3)cc1. The molecule has 0 saturated heterocycles. The second-order valence-corrected chi connectivity index (χ2v) is 16.5. The number of pyridine rings is 1. The molecule has 2 atom stereocenters. The number of benzene rings is 3. The first-order valence-corrected chi connectivity index (χ1v) is 17.0. The molecule has 246 valence electrons. The van der Waals surface area contributed by atoms with Gasteiger partial charge in [0.2, 0.25) is 0 Å². The van der Waals surface area contributed by atoms with Crippen molar-refractivity contribution in [3.8, 4) is 11.3 Å². The number of anilines is 3. The van der Waals surface area contributed by atoms with E-state index in [1.807, 2.05) is 25.1 Å². The molecule has 5 nitrogen and oxygen atoms in total. The topological polar surface area (TPSA) is 66.6 Å². The Balaban J connectivity index is 1.27. The van der Waals surface area contributed by atoms with Crippen molar-refractivity contribution < 1.29 is 14.3 Å². The van der Waals surface area contributed by atoms with Crippen LogP contribution in [0.15, 0.2) is 95.4 Å². The summed E-state index contributed by atoms with van der Waals surface area (Å²) in [6.45, 7) is 19.6. The molecule has 0 radical (unpaired) electrons. The number of aromatic nitrogens is 1. The van der Waals surface area contributed by atoms with Crippen LogP contribution < -0.4 is 4.90 Å². The minimum Gasteiger partial charge on any atom is -0.461 e. The molecule has 0 bridgehead atoms. The van der Waals surface area contributed by atoms with Crippen molar-refractivity contribution in [3.63, 3.8) is 0 Å². The van der Waals surface area contributed by atoms with E-state index >= 15 is 0 Å². The fourth-order valence-corrected chi connectivity index (χ4v) is 7.44. The summed E-state index contributed by atoms with van der Waals surface area (Å²) in [7, 11) is 0. The van der Waals surface area contributed by atoms with Crippen molar-refractivity contribution in [3.05, 3.63) is 130 Å². The average molecular weight is 639 g/mol. The predicted octanol–water partition coefficient (Wildman–Crippen LogP) is 10.5. The van der Waals surface area contributed by atoms with Gasteiger partial charge in [0.1, 0.15) is 17.3 Å². The van der Waals surface area contributed by atoms with Crippen LogP contribution in [0.1, 0.15) is 112 Å². The number of nitrogens with zero attached hydrogens (tertiary/aromatic N) is 2. The summed E-state index contributed by atoms with van der Waals surface area (Å²) in [5.74, 6) is 2.29. The van der Waals surface area contributed by atoms with Gasteiger partial charge in [0.25, 0.3) is 0 Å². The zero-order valence-electron chi connectivity index (χ0n) is 29.6. The zero-order chi connectivity index (χ0) is 34.4.